The van der Waals surface area contributed by atoms with Gasteiger partial charge in [0.25, 0.3) is 0 Å². The minimum Gasteiger partial charge on any atom is -0.336 e. The maximum Gasteiger partial charge on any atom is 0.326 e. The predicted molar refractivity (Wildman–Crippen MR) is 63.5 cm³/mol. The molecule has 1 aromatic rings. The number of carbonyl (C=O) groups is 2. The van der Waals surface area contributed by atoms with Gasteiger partial charge in [-0.1, -0.05) is 30.3 Å². The van der Waals surface area contributed by atoms with Crippen molar-refractivity contribution in [2.75, 3.05) is 13.1 Å². The highest BCUT2D eigenvalue weighted by atomic mass is 16.2. The molecule has 2 N–H and O–H groups in total. The molecule has 1 atom stereocenters. The third-order valence-electron chi connectivity index (χ3n) is 2.74. The molecule has 5 nitrogen and oxygen atoms in total. The van der Waals surface area contributed by atoms with Gasteiger partial charge in [-0.25, -0.2) is 14.5 Å². The van der Waals surface area contributed by atoms with Crippen LogP contribution in [0.3, 0.4) is 0 Å². The Labute approximate surface area is 99.8 Å². The fraction of sp³-hybridized carbons (Fsp3) is 0.333. The molecule has 0 radical (unpaired) electrons. The zero-order valence-corrected chi connectivity index (χ0v) is 9.64. The summed E-state index contributed by atoms with van der Waals surface area (Å²) in [6.45, 7) is 2.83. The number of nitrogens with one attached hydrogen (secondary N) is 2. The van der Waals surface area contributed by atoms with E-state index >= 15 is 0 Å². The maximum atomic E-state index is 11.8. The summed E-state index contributed by atoms with van der Waals surface area (Å²) in [6, 6.07) is 8.84. The molecule has 0 aromatic heterocycles. The molecular weight excluding hydrogens is 218 g/mol. The van der Waals surface area contributed by atoms with E-state index in [2.05, 4.69) is 10.6 Å². The molecule has 1 saturated heterocycles. The number of benzene rings is 1. The van der Waals surface area contributed by atoms with Gasteiger partial charge in [0, 0.05) is 13.1 Å². The molecule has 5 heteroatoms. The monoisotopic (exact) mass is 233 g/mol. The van der Waals surface area contributed by atoms with E-state index in [1.165, 1.54) is 4.90 Å². The minimum atomic E-state index is -0.351. The van der Waals surface area contributed by atoms with E-state index in [4.69, 9.17) is 0 Å². The molecule has 17 heavy (non-hydrogen) atoms. The van der Waals surface area contributed by atoms with E-state index < -0.39 is 0 Å². The van der Waals surface area contributed by atoms with Gasteiger partial charge in [0.05, 0.1) is 6.04 Å². The Morgan fingerprint density at radius 2 is 2.12 bits per heavy atom. The Balaban J connectivity index is 1.97. The van der Waals surface area contributed by atoms with Crippen molar-refractivity contribution in [3.63, 3.8) is 0 Å². The second-order valence-electron chi connectivity index (χ2n) is 3.97. The highest BCUT2D eigenvalue weighted by molar-refractivity contribution is 5.95. The highest BCUT2D eigenvalue weighted by Crippen LogP contribution is 2.12. The van der Waals surface area contributed by atoms with Gasteiger partial charge in [-0.05, 0) is 12.5 Å². The number of amides is 4. The summed E-state index contributed by atoms with van der Waals surface area (Å²) in [4.78, 5) is 24.3. The molecule has 1 aromatic carbocycles. The third kappa shape index (κ3) is 2.55. The molecule has 90 valence electrons. The topological polar surface area (TPSA) is 61.4 Å². The summed E-state index contributed by atoms with van der Waals surface area (Å²) in [5, 5.41) is 5.38. The van der Waals surface area contributed by atoms with Crippen molar-refractivity contribution < 1.29 is 9.59 Å². The summed E-state index contributed by atoms with van der Waals surface area (Å²) >= 11 is 0. The number of urea groups is 2. The van der Waals surface area contributed by atoms with Gasteiger partial charge < -0.3 is 10.6 Å². The zero-order valence-electron chi connectivity index (χ0n) is 9.64. The summed E-state index contributed by atoms with van der Waals surface area (Å²) in [6.07, 6.45) is 0. The van der Waals surface area contributed by atoms with Crippen molar-refractivity contribution in [3.05, 3.63) is 35.9 Å². The van der Waals surface area contributed by atoms with E-state index in [1.54, 1.807) is 0 Å². The van der Waals surface area contributed by atoms with Crippen LogP contribution in [0.5, 0.6) is 0 Å². The molecule has 1 aliphatic rings. The average molecular weight is 233 g/mol. The van der Waals surface area contributed by atoms with E-state index in [1.807, 2.05) is 37.3 Å². The largest absolute Gasteiger partial charge is 0.336 e. The van der Waals surface area contributed by atoms with Gasteiger partial charge in [0.2, 0.25) is 0 Å². The molecule has 1 fully saturated rings. The van der Waals surface area contributed by atoms with Crippen LogP contribution in [0.1, 0.15) is 18.5 Å². The summed E-state index contributed by atoms with van der Waals surface area (Å²) in [5.74, 6) is 0. The lowest BCUT2D eigenvalue weighted by atomic mass is 10.1. The lowest BCUT2D eigenvalue weighted by Gasteiger charge is -2.18. The van der Waals surface area contributed by atoms with E-state index in [0.29, 0.717) is 13.1 Å². The van der Waals surface area contributed by atoms with Crippen molar-refractivity contribution in [1.29, 1.82) is 0 Å². The Morgan fingerprint density at radius 1 is 1.41 bits per heavy atom. The van der Waals surface area contributed by atoms with Crippen LogP contribution in [-0.2, 0) is 0 Å². The molecule has 0 spiro atoms. The minimum absolute atomic E-state index is 0.114. The van der Waals surface area contributed by atoms with Crippen molar-refractivity contribution in [3.8, 4) is 0 Å². The fourth-order valence-corrected chi connectivity index (χ4v) is 1.75. The number of carbonyl (C=O) groups excluding carboxylic acids is 2. The second-order valence-corrected chi connectivity index (χ2v) is 3.97. The van der Waals surface area contributed by atoms with Crippen LogP contribution in [0.2, 0.25) is 0 Å². The molecular formula is C12H15N3O2. The smallest absolute Gasteiger partial charge is 0.326 e. The first kappa shape index (κ1) is 11.4. The Bertz CT molecular complexity index is 419. The van der Waals surface area contributed by atoms with Crippen LogP contribution in [0, 0.1) is 0 Å². The zero-order chi connectivity index (χ0) is 12.3. The van der Waals surface area contributed by atoms with Crippen LogP contribution in [0.25, 0.3) is 0 Å². The van der Waals surface area contributed by atoms with Crippen molar-refractivity contribution in [2.24, 2.45) is 0 Å². The van der Waals surface area contributed by atoms with Gasteiger partial charge in [0.15, 0.2) is 0 Å². The van der Waals surface area contributed by atoms with E-state index in [9.17, 15) is 9.59 Å². The normalized spacial score (nSPS) is 16.5. The summed E-state index contributed by atoms with van der Waals surface area (Å²) < 4.78 is 0. The number of imide groups is 1. The molecule has 1 heterocycles. The standard InChI is InChI=1S/C12H15N3O2/c1-9(10-5-3-2-4-6-10)14-12(17)15-8-7-13-11(15)16/h2-6,9H,7-8H2,1H3,(H,13,16)(H,14,17)/t9-/m0/s1. The lowest BCUT2D eigenvalue weighted by molar-refractivity contribution is 0.196. The molecule has 0 saturated carbocycles. The lowest BCUT2D eigenvalue weighted by Crippen LogP contribution is -2.42. The molecule has 0 bridgehead atoms. The highest BCUT2D eigenvalue weighted by Gasteiger charge is 2.26. The maximum absolute atomic E-state index is 11.8. The Morgan fingerprint density at radius 3 is 2.71 bits per heavy atom. The van der Waals surface area contributed by atoms with E-state index in [-0.39, 0.29) is 18.1 Å². The fourth-order valence-electron chi connectivity index (χ4n) is 1.75. The number of rotatable bonds is 2. The van der Waals surface area contributed by atoms with Crippen molar-refractivity contribution in [2.45, 2.75) is 13.0 Å². The van der Waals surface area contributed by atoms with Gasteiger partial charge in [-0.15, -0.1) is 0 Å². The summed E-state index contributed by atoms with van der Waals surface area (Å²) in [7, 11) is 0. The SMILES string of the molecule is C[C@H](NC(=O)N1CCNC1=O)c1ccccc1. The molecule has 0 aliphatic carbocycles. The van der Waals surface area contributed by atoms with Gasteiger partial charge in [0.1, 0.15) is 0 Å². The van der Waals surface area contributed by atoms with Crippen LogP contribution >= 0.6 is 0 Å². The van der Waals surface area contributed by atoms with Gasteiger partial charge >= 0.3 is 12.1 Å². The quantitative estimate of drug-likeness (QED) is 0.812. The Hall–Kier alpha value is -2.04. The first-order valence-corrected chi connectivity index (χ1v) is 5.59. The number of nitrogens with zero attached hydrogens (tertiary/aromatic N) is 1. The van der Waals surface area contributed by atoms with Crippen LogP contribution in [0.15, 0.2) is 30.3 Å². The van der Waals surface area contributed by atoms with Gasteiger partial charge in [-0.3, -0.25) is 0 Å². The average Bonchev–Trinajstić information content (AvgIpc) is 2.76. The molecule has 2 rings (SSSR count). The van der Waals surface area contributed by atoms with Crippen LogP contribution in [0.4, 0.5) is 9.59 Å². The van der Waals surface area contributed by atoms with Crippen molar-refractivity contribution in [1.82, 2.24) is 15.5 Å². The first-order chi connectivity index (χ1) is 8.18. The van der Waals surface area contributed by atoms with Crippen LogP contribution < -0.4 is 10.6 Å². The van der Waals surface area contributed by atoms with Crippen LogP contribution in [-0.4, -0.2) is 30.1 Å². The molecule has 1 aliphatic heterocycles. The third-order valence-corrected chi connectivity index (χ3v) is 2.74. The van der Waals surface area contributed by atoms with Gasteiger partial charge in [-0.2, -0.15) is 0 Å². The Kier molecular flexibility index (Phi) is 3.27. The predicted octanol–water partition coefficient (Wildman–Crippen LogP) is 1.48. The first-order valence-electron chi connectivity index (χ1n) is 5.59. The number of hydrogen-bond donors (Lipinski definition) is 2. The molecule has 4 amide bonds. The molecule has 0 unspecified atom stereocenters. The number of hydrogen-bond acceptors (Lipinski definition) is 2. The second kappa shape index (κ2) is 4.86. The van der Waals surface area contributed by atoms with Crippen molar-refractivity contribution >= 4 is 12.1 Å². The summed E-state index contributed by atoms with van der Waals surface area (Å²) in [5.41, 5.74) is 1.01. The van der Waals surface area contributed by atoms with E-state index in [0.717, 1.165) is 5.56 Å².